The van der Waals surface area contributed by atoms with Gasteiger partial charge in [0.2, 0.25) is 15.9 Å². The van der Waals surface area contributed by atoms with Crippen LogP contribution >= 0.6 is 0 Å². The summed E-state index contributed by atoms with van der Waals surface area (Å²) in [5.41, 5.74) is 2.14. The first-order chi connectivity index (χ1) is 13.9. The van der Waals surface area contributed by atoms with Crippen molar-refractivity contribution in [2.45, 2.75) is 37.5 Å². The molecule has 1 saturated heterocycles. The van der Waals surface area contributed by atoms with Gasteiger partial charge in [-0.1, -0.05) is 19.1 Å². The third-order valence-electron chi connectivity index (χ3n) is 5.12. The summed E-state index contributed by atoms with van der Waals surface area (Å²) in [6.45, 7) is 3.18. The lowest BCUT2D eigenvalue weighted by atomic mass is 10.0. The maximum Gasteiger partial charge on any atom is 0.243 e. The summed E-state index contributed by atoms with van der Waals surface area (Å²) in [4.78, 5) is 12.4. The molecule has 1 N–H and O–H groups in total. The molecule has 1 heterocycles. The molecule has 6 nitrogen and oxygen atoms in total. The molecule has 7 heteroatoms. The van der Waals surface area contributed by atoms with Crippen LogP contribution in [0.3, 0.4) is 0 Å². The van der Waals surface area contributed by atoms with Crippen molar-refractivity contribution in [3.8, 4) is 6.07 Å². The number of rotatable bonds is 6. The second kappa shape index (κ2) is 9.21. The Kier molecular flexibility index (Phi) is 6.68. The summed E-state index contributed by atoms with van der Waals surface area (Å²) >= 11 is 0. The molecule has 1 aliphatic rings. The Morgan fingerprint density at radius 2 is 1.86 bits per heavy atom. The molecule has 1 fully saturated rings. The van der Waals surface area contributed by atoms with Crippen LogP contribution in [0.4, 0.5) is 5.69 Å². The second-order valence-electron chi connectivity index (χ2n) is 7.49. The molecule has 1 atom stereocenters. The Balaban J connectivity index is 1.56. The van der Waals surface area contributed by atoms with E-state index in [2.05, 4.69) is 18.3 Å². The van der Waals surface area contributed by atoms with E-state index in [1.165, 1.54) is 0 Å². The molecule has 0 aliphatic carbocycles. The zero-order valence-electron chi connectivity index (χ0n) is 16.5. The number of nitrogens with one attached hydrogen (secondary N) is 1. The van der Waals surface area contributed by atoms with Crippen molar-refractivity contribution in [2.24, 2.45) is 5.92 Å². The van der Waals surface area contributed by atoms with Gasteiger partial charge in [-0.2, -0.15) is 9.57 Å². The van der Waals surface area contributed by atoms with Crippen LogP contribution in [-0.2, 0) is 21.2 Å². The molecule has 3 rings (SSSR count). The van der Waals surface area contributed by atoms with Crippen molar-refractivity contribution >= 4 is 21.6 Å². The zero-order chi connectivity index (χ0) is 20.9. The Bertz CT molecular complexity index is 993. The number of hydrogen-bond acceptors (Lipinski definition) is 4. The summed E-state index contributed by atoms with van der Waals surface area (Å²) in [7, 11) is -3.49. The third-order valence-corrected chi connectivity index (χ3v) is 7.00. The molecule has 0 saturated carbocycles. The van der Waals surface area contributed by atoms with Gasteiger partial charge in [0.25, 0.3) is 0 Å². The fourth-order valence-electron chi connectivity index (χ4n) is 3.45. The van der Waals surface area contributed by atoms with E-state index in [4.69, 9.17) is 5.26 Å². The molecule has 0 spiro atoms. The van der Waals surface area contributed by atoms with E-state index in [0.29, 0.717) is 43.1 Å². The van der Waals surface area contributed by atoms with Crippen LogP contribution in [0.2, 0.25) is 0 Å². The van der Waals surface area contributed by atoms with Gasteiger partial charge in [0.1, 0.15) is 0 Å². The van der Waals surface area contributed by atoms with E-state index in [1.54, 1.807) is 40.7 Å². The molecule has 152 valence electrons. The lowest BCUT2D eigenvalue weighted by molar-refractivity contribution is -0.116. The summed E-state index contributed by atoms with van der Waals surface area (Å²) in [5.74, 6) is 0.225. The minimum atomic E-state index is -3.49. The van der Waals surface area contributed by atoms with Crippen molar-refractivity contribution in [3.05, 3.63) is 59.7 Å². The van der Waals surface area contributed by atoms with Crippen LogP contribution in [-0.4, -0.2) is 31.7 Å². The molecule has 1 unspecified atom stereocenters. The van der Waals surface area contributed by atoms with Crippen molar-refractivity contribution in [2.75, 3.05) is 18.4 Å². The fraction of sp³-hybridized carbons (Fsp3) is 0.364. The van der Waals surface area contributed by atoms with Crippen LogP contribution in [0, 0.1) is 17.2 Å². The Morgan fingerprint density at radius 3 is 2.48 bits per heavy atom. The van der Waals surface area contributed by atoms with Gasteiger partial charge < -0.3 is 5.32 Å². The number of anilines is 1. The monoisotopic (exact) mass is 411 g/mol. The van der Waals surface area contributed by atoms with Gasteiger partial charge in [-0.3, -0.25) is 4.79 Å². The number of piperidine rings is 1. The van der Waals surface area contributed by atoms with E-state index < -0.39 is 10.0 Å². The van der Waals surface area contributed by atoms with E-state index in [9.17, 15) is 13.2 Å². The number of hydrogen-bond donors (Lipinski definition) is 1. The van der Waals surface area contributed by atoms with Crippen molar-refractivity contribution in [3.63, 3.8) is 0 Å². The van der Waals surface area contributed by atoms with Crippen LogP contribution in [0.15, 0.2) is 53.4 Å². The Labute approximate surface area is 172 Å². The first-order valence-electron chi connectivity index (χ1n) is 9.77. The molecule has 2 aromatic rings. The van der Waals surface area contributed by atoms with Crippen LogP contribution in [0.5, 0.6) is 0 Å². The number of sulfonamides is 1. The van der Waals surface area contributed by atoms with Gasteiger partial charge in [0.05, 0.1) is 16.5 Å². The van der Waals surface area contributed by atoms with Gasteiger partial charge in [0, 0.05) is 25.2 Å². The van der Waals surface area contributed by atoms with Crippen LogP contribution in [0.25, 0.3) is 0 Å². The lowest BCUT2D eigenvalue weighted by Crippen LogP contribution is -2.39. The third kappa shape index (κ3) is 5.43. The highest BCUT2D eigenvalue weighted by atomic mass is 32.2. The number of aryl methyl sites for hydroxylation is 1. The molecule has 1 amide bonds. The quantitative estimate of drug-likeness (QED) is 0.787. The minimum absolute atomic E-state index is 0.144. The maximum atomic E-state index is 12.8. The molecular formula is C22H25N3O3S. The summed E-state index contributed by atoms with van der Waals surface area (Å²) in [6, 6.07) is 15.6. The summed E-state index contributed by atoms with van der Waals surface area (Å²) in [6.07, 6.45) is 2.81. The Morgan fingerprint density at radius 1 is 1.17 bits per heavy atom. The van der Waals surface area contributed by atoms with E-state index in [0.717, 1.165) is 18.4 Å². The Hall–Kier alpha value is -2.69. The van der Waals surface area contributed by atoms with Gasteiger partial charge in [-0.15, -0.1) is 0 Å². The average Bonchev–Trinajstić information content (AvgIpc) is 2.73. The summed E-state index contributed by atoms with van der Waals surface area (Å²) < 4.78 is 27.1. The van der Waals surface area contributed by atoms with Crippen LogP contribution < -0.4 is 5.32 Å². The number of benzene rings is 2. The van der Waals surface area contributed by atoms with Gasteiger partial charge in [-0.25, -0.2) is 8.42 Å². The highest BCUT2D eigenvalue weighted by molar-refractivity contribution is 7.89. The molecule has 29 heavy (non-hydrogen) atoms. The summed E-state index contributed by atoms with van der Waals surface area (Å²) in [5, 5.41) is 11.6. The number of nitrogens with zero attached hydrogens (tertiary/aromatic N) is 2. The maximum absolute atomic E-state index is 12.8. The molecule has 1 aliphatic heterocycles. The van der Waals surface area contributed by atoms with Gasteiger partial charge in [-0.05, 0) is 67.1 Å². The minimum Gasteiger partial charge on any atom is -0.326 e. The SMILES string of the molecule is CC1CCCN(S(=O)(=O)c2ccc(NC(=O)CCc3ccc(C#N)cc3)cc2)C1. The molecule has 0 bridgehead atoms. The van der Waals surface area contributed by atoms with E-state index in [1.807, 2.05) is 12.1 Å². The predicted octanol–water partition coefficient (Wildman–Crippen LogP) is 3.55. The van der Waals surface area contributed by atoms with Gasteiger partial charge >= 0.3 is 0 Å². The number of amides is 1. The van der Waals surface area contributed by atoms with Gasteiger partial charge in [0.15, 0.2) is 0 Å². The van der Waals surface area contributed by atoms with Crippen molar-refractivity contribution in [1.29, 1.82) is 5.26 Å². The number of carbonyl (C=O) groups is 1. The lowest BCUT2D eigenvalue weighted by Gasteiger charge is -2.30. The predicted molar refractivity (Wildman–Crippen MR) is 112 cm³/mol. The first kappa shape index (κ1) is 21.0. The topological polar surface area (TPSA) is 90.3 Å². The molecule has 0 radical (unpaired) electrons. The first-order valence-corrected chi connectivity index (χ1v) is 11.2. The molecule has 2 aromatic carbocycles. The van der Waals surface area contributed by atoms with Crippen LogP contribution in [0.1, 0.15) is 37.3 Å². The van der Waals surface area contributed by atoms with E-state index in [-0.39, 0.29) is 10.8 Å². The zero-order valence-corrected chi connectivity index (χ0v) is 17.3. The average molecular weight is 412 g/mol. The van der Waals surface area contributed by atoms with Crippen molar-refractivity contribution in [1.82, 2.24) is 4.31 Å². The van der Waals surface area contributed by atoms with E-state index >= 15 is 0 Å². The smallest absolute Gasteiger partial charge is 0.243 e. The highest BCUT2D eigenvalue weighted by Crippen LogP contribution is 2.24. The normalized spacial score (nSPS) is 17.4. The van der Waals surface area contributed by atoms with Crippen molar-refractivity contribution < 1.29 is 13.2 Å². The number of nitriles is 1. The molecule has 0 aromatic heterocycles. The number of carbonyl (C=O) groups excluding carboxylic acids is 1. The standard InChI is InChI=1S/C22H25N3O3S/c1-17-3-2-14-25(16-17)29(27,28)21-11-9-20(10-12-21)24-22(26)13-8-18-4-6-19(15-23)7-5-18/h4-7,9-12,17H,2-3,8,13-14,16H2,1H3,(H,24,26). The molecular weight excluding hydrogens is 386 g/mol. The fourth-order valence-corrected chi connectivity index (χ4v) is 5.05. The second-order valence-corrected chi connectivity index (χ2v) is 9.43. The largest absolute Gasteiger partial charge is 0.326 e. The highest BCUT2D eigenvalue weighted by Gasteiger charge is 2.28.